The summed E-state index contributed by atoms with van der Waals surface area (Å²) in [4.78, 5) is 11.0. The van der Waals surface area contributed by atoms with E-state index in [0.29, 0.717) is 26.2 Å². The summed E-state index contributed by atoms with van der Waals surface area (Å²) in [5, 5.41) is 30.3. The van der Waals surface area contributed by atoms with Crippen LogP contribution in [0.2, 0.25) is 0 Å². The van der Waals surface area contributed by atoms with Crippen molar-refractivity contribution in [2.45, 2.75) is 100 Å². The van der Waals surface area contributed by atoms with Gasteiger partial charge in [-0.05, 0) is 48.0 Å². The highest BCUT2D eigenvalue weighted by Crippen LogP contribution is 2.55. The summed E-state index contributed by atoms with van der Waals surface area (Å²) >= 11 is 0. The Labute approximate surface area is 231 Å². The summed E-state index contributed by atoms with van der Waals surface area (Å²) in [5.74, 6) is -2.67. The Hall–Kier alpha value is -0.530. The van der Waals surface area contributed by atoms with E-state index in [2.05, 4.69) is 61.1 Å². The van der Waals surface area contributed by atoms with Gasteiger partial charge < -0.3 is 15.3 Å². The van der Waals surface area contributed by atoms with Crippen LogP contribution in [-0.2, 0) is 0 Å². The lowest BCUT2D eigenvalue weighted by Gasteiger charge is -2.74. The van der Waals surface area contributed by atoms with E-state index in [1.54, 1.807) is 0 Å². The number of aliphatic hydroxyl groups is 3. The fourth-order valence-electron chi connectivity index (χ4n) is 8.54. The van der Waals surface area contributed by atoms with E-state index >= 15 is 0 Å². The molecule has 5 heterocycles. The molecule has 0 radical (unpaired) electrons. The zero-order chi connectivity index (χ0) is 28.8. The number of aliphatic hydroxyl groups excluding tert-OH is 3. The van der Waals surface area contributed by atoms with Crippen LogP contribution in [0.4, 0.5) is 13.2 Å². The Morgan fingerprint density at radius 1 is 0.795 bits per heavy atom. The average molecular weight is 562 g/mol. The van der Waals surface area contributed by atoms with Gasteiger partial charge in [0.15, 0.2) is 0 Å². The predicted octanol–water partition coefficient (Wildman–Crippen LogP) is 0.701. The highest BCUT2D eigenvalue weighted by Gasteiger charge is 2.71. The van der Waals surface area contributed by atoms with Crippen LogP contribution < -0.4 is 0 Å². The van der Waals surface area contributed by atoms with Crippen molar-refractivity contribution in [2.75, 3.05) is 72.1 Å². The number of hydrogen-bond acceptors (Lipinski definition) is 8. The van der Waals surface area contributed by atoms with Gasteiger partial charge in [0.05, 0.1) is 36.9 Å². The molecule has 5 aliphatic heterocycles. The number of hydrogen-bond donors (Lipinski definition) is 3. The number of likely N-dealkylation sites (tertiary alicyclic amines) is 5. The minimum Gasteiger partial charge on any atom is -0.396 e. The molecule has 8 nitrogen and oxygen atoms in total. The van der Waals surface area contributed by atoms with E-state index in [4.69, 9.17) is 0 Å². The van der Waals surface area contributed by atoms with Gasteiger partial charge in [-0.2, -0.15) is 0 Å². The van der Waals surface area contributed by atoms with Crippen LogP contribution in [0.1, 0.15) is 48.0 Å². The zero-order valence-corrected chi connectivity index (χ0v) is 24.6. The maximum absolute atomic E-state index is 14.7. The third kappa shape index (κ3) is 4.32. The van der Waals surface area contributed by atoms with Crippen LogP contribution in [0.15, 0.2) is 0 Å². The first kappa shape index (κ1) is 29.9. The number of β-amino-alcohol motifs (C(OH)–C–C–N with tert-alkyl or cyclic N) is 1. The summed E-state index contributed by atoms with van der Waals surface area (Å²) in [6.07, 6.45) is -0.511. The molecule has 0 spiro atoms. The summed E-state index contributed by atoms with van der Waals surface area (Å²) in [6.45, 7) is 15.9. The number of rotatable bonds is 11. The molecule has 5 aliphatic rings. The highest BCUT2D eigenvalue weighted by molar-refractivity contribution is 5.28. The normalized spacial score (nSPS) is 32.8. The number of halogens is 3. The lowest BCUT2D eigenvalue weighted by Crippen LogP contribution is -2.91. The van der Waals surface area contributed by atoms with Gasteiger partial charge in [0.2, 0.25) is 0 Å². The first-order chi connectivity index (χ1) is 18.0. The van der Waals surface area contributed by atoms with E-state index in [9.17, 15) is 28.5 Å². The van der Waals surface area contributed by atoms with Crippen LogP contribution in [0, 0.1) is 5.92 Å². The smallest absolute Gasteiger partial charge is 0.272 e. The Kier molecular flexibility index (Phi) is 7.49. The molecule has 0 aromatic heterocycles. The minimum absolute atomic E-state index is 0.00301. The maximum Gasteiger partial charge on any atom is 0.272 e. The first-order valence-electron chi connectivity index (χ1n) is 14.7. The van der Waals surface area contributed by atoms with Gasteiger partial charge in [0, 0.05) is 81.5 Å². The van der Waals surface area contributed by atoms with Crippen LogP contribution in [0.3, 0.4) is 0 Å². The van der Waals surface area contributed by atoms with Gasteiger partial charge in [-0.3, -0.25) is 24.5 Å². The molecule has 3 N–H and O–H groups in total. The van der Waals surface area contributed by atoms with Gasteiger partial charge in [0.1, 0.15) is 6.17 Å². The van der Waals surface area contributed by atoms with Gasteiger partial charge in [-0.25, -0.2) is 13.2 Å². The Bertz CT molecular complexity index is 899. The Balaban J connectivity index is 1.66. The Morgan fingerprint density at radius 3 is 1.74 bits per heavy atom. The average Bonchev–Trinajstić information content (AvgIpc) is 2.71. The molecule has 0 saturated carbocycles. The van der Waals surface area contributed by atoms with Crippen molar-refractivity contribution in [3.8, 4) is 0 Å². The first-order valence-corrected chi connectivity index (χ1v) is 14.7. The molecule has 0 aromatic rings. The van der Waals surface area contributed by atoms with Crippen molar-refractivity contribution >= 4 is 0 Å². The maximum atomic E-state index is 14.7. The largest absolute Gasteiger partial charge is 0.396 e. The number of nitrogens with zero attached hydrogens (tertiary/aromatic N) is 5. The summed E-state index contributed by atoms with van der Waals surface area (Å²) in [7, 11) is 0. The molecule has 11 heteroatoms. The molecule has 0 bridgehead atoms. The quantitative estimate of drug-likeness (QED) is 0.341. The zero-order valence-electron chi connectivity index (χ0n) is 24.6. The van der Waals surface area contributed by atoms with E-state index in [1.807, 2.05) is 4.90 Å². The standard InChI is InChI=1S/C28H50F3N5O3/c1-24(2,33-13-22(39)14-33)26(5,35-11-20(29)12-35)23(32-17-28(30,31)18-32)27(6,34-9-19(10-34)15-37)25(3,4)36-8-7-21(36)16-38/h19-23,37-39H,7-18H2,1-6H3. The fourth-order valence-corrected chi connectivity index (χ4v) is 8.54. The van der Waals surface area contributed by atoms with Gasteiger partial charge in [-0.15, -0.1) is 0 Å². The molecular weight excluding hydrogens is 511 g/mol. The highest BCUT2D eigenvalue weighted by atomic mass is 19.3. The van der Waals surface area contributed by atoms with Gasteiger partial charge >= 0.3 is 0 Å². The minimum atomic E-state index is -2.79. The number of alkyl halides is 3. The lowest BCUT2D eigenvalue weighted by molar-refractivity contribution is -0.260. The van der Waals surface area contributed by atoms with Gasteiger partial charge in [0.25, 0.3) is 5.92 Å². The molecule has 0 aromatic carbocycles. The van der Waals surface area contributed by atoms with Crippen LogP contribution in [0.25, 0.3) is 0 Å². The topological polar surface area (TPSA) is 76.9 Å². The van der Waals surface area contributed by atoms with E-state index in [-0.39, 0.29) is 51.4 Å². The van der Waals surface area contributed by atoms with E-state index in [0.717, 1.165) is 13.0 Å². The van der Waals surface area contributed by atoms with Crippen molar-refractivity contribution in [3.05, 3.63) is 0 Å². The molecule has 4 atom stereocenters. The summed E-state index contributed by atoms with van der Waals surface area (Å²) < 4.78 is 43.9. The summed E-state index contributed by atoms with van der Waals surface area (Å²) in [5.41, 5.74) is -2.58. The van der Waals surface area contributed by atoms with Crippen molar-refractivity contribution in [1.29, 1.82) is 0 Å². The lowest BCUT2D eigenvalue weighted by atomic mass is 9.57. The van der Waals surface area contributed by atoms with Crippen LogP contribution >= 0.6 is 0 Å². The molecule has 0 aliphatic carbocycles. The molecule has 0 amide bonds. The molecule has 4 unspecified atom stereocenters. The SMILES string of the molecule is CC(C)(N1CC(O)C1)C(C)(C(N1CC(F)(F)C1)C(C)(N1CC(CO)C1)C(C)(C)N1CCC1CO)N1CC(F)C1. The van der Waals surface area contributed by atoms with Crippen molar-refractivity contribution in [2.24, 2.45) is 5.92 Å². The van der Waals surface area contributed by atoms with Crippen LogP contribution in [0.5, 0.6) is 0 Å². The molecule has 5 fully saturated rings. The monoisotopic (exact) mass is 561 g/mol. The second kappa shape index (κ2) is 9.76. The second-order valence-corrected chi connectivity index (χ2v) is 14.4. The Morgan fingerprint density at radius 2 is 1.33 bits per heavy atom. The summed E-state index contributed by atoms with van der Waals surface area (Å²) in [6, 6.07) is -0.434. The fraction of sp³-hybridized carbons (Fsp3) is 1.00. The second-order valence-electron chi connectivity index (χ2n) is 14.4. The van der Waals surface area contributed by atoms with Crippen LogP contribution in [-0.4, -0.2) is 164 Å². The molecule has 39 heavy (non-hydrogen) atoms. The van der Waals surface area contributed by atoms with Crippen molar-refractivity contribution < 1.29 is 28.5 Å². The third-order valence-corrected chi connectivity index (χ3v) is 11.9. The molecule has 226 valence electrons. The molecular formula is C28H50F3N5O3. The van der Waals surface area contributed by atoms with Crippen molar-refractivity contribution in [3.63, 3.8) is 0 Å². The van der Waals surface area contributed by atoms with E-state index in [1.165, 1.54) is 0 Å². The predicted molar refractivity (Wildman–Crippen MR) is 144 cm³/mol. The van der Waals surface area contributed by atoms with Crippen molar-refractivity contribution in [1.82, 2.24) is 24.5 Å². The van der Waals surface area contributed by atoms with Gasteiger partial charge in [-0.1, -0.05) is 0 Å². The molecule has 5 saturated heterocycles. The van der Waals surface area contributed by atoms with E-state index < -0.39 is 46.4 Å². The third-order valence-electron chi connectivity index (χ3n) is 11.9. The molecule has 5 rings (SSSR count).